The van der Waals surface area contributed by atoms with Crippen molar-refractivity contribution in [3.8, 4) is 5.75 Å². The normalized spacial score (nSPS) is 19.3. The Kier molecular flexibility index (Phi) is 4.62. The van der Waals surface area contributed by atoms with Crippen LogP contribution < -0.4 is 10.1 Å². The number of nitrogens with one attached hydrogen (secondary N) is 1. The Morgan fingerprint density at radius 1 is 1.40 bits per heavy atom. The van der Waals surface area contributed by atoms with E-state index in [1.165, 1.54) is 0 Å². The van der Waals surface area contributed by atoms with Crippen LogP contribution in [0.2, 0.25) is 0 Å². The molecule has 110 valence electrons. The van der Waals surface area contributed by atoms with Crippen molar-refractivity contribution in [2.24, 2.45) is 0 Å². The van der Waals surface area contributed by atoms with Crippen molar-refractivity contribution in [1.82, 2.24) is 10.2 Å². The maximum atomic E-state index is 11.8. The lowest BCUT2D eigenvalue weighted by Gasteiger charge is -2.40. The van der Waals surface area contributed by atoms with Gasteiger partial charge in [-0.05, 0) is 18.6 Å². The van der Waals surface area contributed by atoms with Gasteiger partial charge in [-0.1, -0.05) is 18.2 Å². The zero-order valence-corrected chi connectivity index (χ0v) is 12.1. The predicted octanol–water partition coefficient (Wildman–Crippen LogP) is 0.986. The number of carboxylic acids is 1. The Labute approximate surface area is 119 Å². The van der Waals surface area contributed by atoms with Crippen LogP contribution in [0.15, 0.2) is 24.3 Å². The van der Waals surface area contributed by atoms with Crippen molar-refractivity contribution in [3.05, 3.63) is 29.8 Å². The van der Waals surface area contributed by atoms with Crippen LogP contribution in [0.25, 0.3) is 0 Å². The van der Waals surface area contributed by atoms with Gasteiger partial charge in [0.25, 0.3) is 0 Å². The molecule has 5 heteroatoms. The van der Waals surface area contributed by atoms with Crippen LogP contribution in [0.3, 0.4) is 0 Å². The van der Waals surface area contributed by atoms with Crippen molar-refractivity contribution in [3.63, 3.8) is 0 Å². The molecule has 1 unspecified atom stereocenters. The van der Waals surface area contributed by atoms with E-state index in [1.807, 2.05) is 29.2 Å². The van der Waals surface area contributed by atoms with Crippen molar-refractivity contribution < 1.29 is 14.6 Å². The van der Waals surface area contributed by atoms with E-state index in [-0.39, 0.29) is 0 Å². The van der Waals surface area contributed by atoms with Crippen molar-refractivity contribution in [2.45, 2.75) is 18.9 Å². The van der Waals surface area contributed by atoms with Crippen LogP contribution in [0.5, 0.6) is 5.75 Å². The van der Waals surface area contributed by atoms with Gasteiger partial charge in [-0.3, -0.25) is 9.69 Å². The van der Waals surface area contributed by atoms with Gasteiger partial charge in [0, 0.05) is 32.6 Å². The van der Waals surface area contributed by atoms with E-state index in [0.29, 0.717) is 6.42 Å². The summed E-state index contributed by atoms with van der Waals surface area (Å²) in [6.07, 6.45) is 0.437. The first-order valence-electron chi connectivity index (χ1n) is 6.89. The molecule has 2 N–H and O–H groups in total. The molecule has 0 amide bonds. The lowest BCUT2D eigenvalue weighted by molar-refractivity contribution is -0.151. The third kappa shape index (κ3) is 2.94. The Hall–Kier alpha value is -1.59. The van der Waals surface area contributed by atoms with Crippen LogP contribution in [0.4, 0.5) is 0 Å². The highest BCUT2D eigenvalue weighted by molar-refractivity contribution is 5.79. The summed E-state index contributed by atoms with van der Waals surface area (Å²) in [5, 5.41) is 13.0. The molecule has 1 atom stereocenters. The zero-order chi connectivity index (χ0) is 14.6. The summed E-state index contributed by atoms with van der Waals surface area (Å²) in [7, 11) is 1.61. The Morgan fingerprint density at radius 3 is 2.65 bits per heavy atom. The van der Waals surface area contributed by atoms with E-state index in [2.05, 4.69) is 5.32 Å². The Bertz CT molecular complexity index is 472. The Morgan fingerprint density at radius 2 is 2.05 bits per heavy atom. The lowest BCUT2D eigenvalue weighted by Crippen LogP contribution is -2.59. The summed E-state index contributed by atoms with van der Waals surface area (Å²) in [5.74, 6) is -0.0413. The molecule has 0 aliphatic carbocycles. The first kappa shape index (κ1) is 14.8. The predicted molar refractivity (Wildman–Crippen MR) is 77.2 cm³/mol. The van der Waals surface area contributed by atoms with Crippen LogP contribution in [-0.4, -0.2) is 54.8 Å². The van der Waals surface area contributed by atoms with E-state index in [1.54, 1.807) is 14.0 Å². The van der Waals surface area contributed by atoms with Crippen molar-refractivity contribution in [1.29, 1.82) is 0 Å². The standard InChI is InChI=1S/C15H22N2O3/c1-15(14(18)19,17-9-7-16-8-10-17)11-12-5-3-4-6-13(12)20-2/h3-6,16H,7-11H2,1-2H3,(H,18,19). The molecule has 0 aromatic heterocycles. The molecule has 1 heterocycles. The fourth-order valence-corrected chi connectivity index (χ4v) is 2.70. The largest absolute Gasteiger partial charge is 0.496 e. The molecule has 1 aliphatic heterocycles. The number of aliphatic carboxylic acids is 1. The second-order valence-corrected chi connectivity index (χ2v) is 5.30. The van der Waals surface area contributed by atoms with Gasteiger partial charge in [-0.15, -0.1) is 0 Å². The summed E-state index contributed by atoms with van der Waals surface area (Å²) in [6.45, 7) is 4.95. The number of benzene rings is 1. The summed E-state index contributed by atoms with van der Waals surface area (Å²) in [4.78, 5) is 13.9. The highest BCUT2D eigenvalue weighted by Crippen LogP contribution is 2.27. The lowest BCUT2D eigenvalue weighted by atomic mass is 9.90. The van der Waals surface area contributed by atoms with Crippen LogP contribution >= 0.6 is 0 Å². The van der Waals surface area contributed by atoms with Gasteiger partial charge in [0.1, 0.15) is 11.3 Å². The molecule has 20 heavy (non-hydrogen) atoms. The average molecular weight is 278 g/mol. The number of nitrogens with zero attached hydrogens (tertiary/aromatic N) is 1. The molecule has 5 nitrogen and oxygen atoms in total. The van der Waals surface area contributed by atoms with Gasteiger partial charge in [0.15, 0.2) is 0 Å². The third-order valence-corrected chi connectivity index (χ3v) is 4.00. The fraction of sp³-hybridized carbons (Fsp3) is 0.533. The van der Waals surface area contributed by atoms with Crippen LogP contribution in [0, 0.1) is 0 Å². The molecule has 0 spiro atoms. The number of carbonyl (C=O) groups is 1. The van der Waals surface area contributed by atoms with Gasteiger partial charge in [0.05, 0.1) is 7.11 Å². The molecule has 0 bridgehead atoms. The SMILES string of the molecule is COc1ccccc1CC(C)(C(=O)O)N1CCNCC1. The van der Waals surface area contributed by atoms with E-state index < -0.39 is 11.5 Å². The number of carboxylic acid groups (broad SMARTS) is 1. The molecule has 2 rings (SSSR count). The number of hydrogen-bond acceptors (Lipinski definition) is 4. The minimum Gasteiger partial charge on any atom is -0.496 e. The molecule has 1 aromatic rings. The molecular formula is C15H22N2O3. The van der Waals surface area contributed by atoms with Gasteiger partial charge < -0.3 is 15.2 Å². The van der Waals surface area contributed by atoms with Crippen molar-refractivity contribution in [2.75, 3.05) is 33.3 Å². The van der Waals surface area contributed by atoms with Gasteiger partial charge in [-0.2, -0.15) is 0 Å². The van der Waals surface area contributed by atoms with Gasteiger partial charge >= 0.3 is 5.97 Å². The number of methoxy groups -OCH3 is 1. The summed E-state index contributed by atoms with van der Waals surface area (Å²) < 4.78 is 5.33. The first-order valence-corrected chi connectivity index (χ1v) is 6.89. The highest BCUT2D eigenvalue weighted by Gasteiger charge is 2.40. The van der Waals surface area contributed by atoms with E-state index >= 15 is 0 Å². The number of rotatable bonds is 5. The number of ether oxygens (including phenoxy) is 1. The van der Waals surface area contributed by atoms with E-state index in [4.69, 9.17) is 4.74 Å². The minimum absolute atomic E-state index is 0.437. The number of para-hydroxylation sites is 1. The number of piperazine rings is 1. The van der Waals surface area contributed by atoms with E-state index in [9.17, 15) is 9.90 Å². The molecule has 0 radical (unpaired) electrons. The van der Waals surface area contributed by atoms with Crippen LogP contribution in [0.1, 0.15) is 12.5 Å². The molecular weight excluding hydrogens is 256 g/mol. The third-order valence-electron chi connectivity index (χ3n) is 4.00. The Balaban J connectivity index is 2.26. The molecule has 1 aliphatic rings. The van der Waals surface area contributed by atoms with E-state index in [0.717, 1.165) is 37.5 Å². The molecule has 0 saturated carbocycles. The first-order chi connectivity index (χ1) is 9.58. The number of hydrogen-bond donors (Lipinski definition) is 2. The summed E-state index contributed by atoms with van der Waals surface area (Å²) in [6, 6.07) is 7.61. The maximum absolute atomic E-state index is 11.8. The molecule has 1 fully saturated rings. The maximum Gasteiger partial charge on any atom is 0.324 e. The van der Waals surface area contributed by atoms with Crippen molar-refractivity contribution >= 4 is 5.97 Å². The zero-order valence-electron chi connectivity index (χ0n) is 12.1. The van der Waals surface area contributed by atoms with Crippen LogP contribution in [-0.2, 0) is 11.2 Å². The van der Waals surface area contributed by atoms with Gasteiger partial charge in [-0.25, -0.2) is 0 Å². The highest BCUT2D eigenvalue weighted by atomic mass is 16.5. The topological polar surface area (TPSA) is 61.8 Å². The quantitative estimate of drug-likeness (QED) is 0.841. The average Bonchev–Trinajstić information content (AvgIpc) is 2.48. The minimum atomic E-state index is -0.906. The smallest absolute Gasteiger partial charge is 0.324 e. The van der Waals surface area contributed by atoms with Gasteiger partial charge in [0.2, 0.25) is 0 Å². The molecule has 1 saturated heterocycles. The summed E-state index contributed by atoms with van der Waals surface area (Å²) >= 11 is 0. The fourth-order valence-electron chi connectivity index (χ4n) is 2.70. The second kappa shape index (κ2) is 6.24. The molecule has 1 aromatic carbocycles. The summed E-state index contributed by atoms with van der Waals surface area (Å²) in [5.41, 5.74) is 0.0231. The monoisotopic (exact) mass is 278 g/mol. The second-order valence-electron chi connectivity index (χ2n) is 5.30.